The molecule has 3 rings (SSSR count). The predicted molar refractivity (Wildman–Crippen MR) is 89.0 cm³/mol. The molecule has 0 saturated heterocycles. The summed E-state index contributed by atoms with van der Waals surface area (Å²) in [6.07, 6.45) is 6.76. The lowest BCUT2D eigenvalue weighted by atomic mass is 9.68. The number of aromatic nitrogens is 1. The van der Waals surface area contributed by atoms with E-state index in [4.69, 9.17) is 5.73 Å². The molecule has 0 amide bonds. The number of fused-ring (bicyclic) bond motifs is 1. The summed E-state index contributed by atoms with van der Waals surface area (Å²) >= 11 is 3.56. The zero-order valence-electron chi connectivity index (χ0n) is 12.1. The minimum absolute atomic E-state index is 0.198. The molecule has 0 spiro atoms. The second-order valence-corrected chi connectivity index (χ2v) is 6.92. The van der Waals surface area contributed by atoms with Gasteiger partial charge in [-0.2, -0.15) is 0 Å². The molecule has 1 heterocycles. The van der Waals surface area contributed by atoms with Crippen molar-refractivity contribution in [2.24, 2.45) is 11.1 Å². The zero-order valence-corrected chi connectivity index (χ0v) is 13.6. The Kier molecular flexibility index (Phi) is 4.29. The Labute approximate surface area is 133 Å². The summed E-state index contributed by atoms with van der Waals surface area (Å²) in [5, 5.41) is 12.1. The van der Waals surface area contributed by atoms with Crippen molar-refractivity contribution in [3.8, 4) is 0 Å². The molecule has 1 saturated carbocycles. The molecule has 1 aromatic heterocycles. The third-order valence-electron chi connectivity index (χ3n) is 4.88. The highest BCUT2D eigenvalue weighted by Crippen LogP contribution is 2.46. The summed E-state index contributed by atoms with van der Waals surface area (Å²) in [7, 11) is 0. The van der Waals surface area contributed by atoms with Gasteiger partial charge in [-0.1, -0.05) is 47.3 Å². The molecule has 112 valence electrons. The first-order valence-corrected chi connectivity index (χ1v) is 8.38. The van der Waals surface area contributed by atoms with E-state index in [1.54, 1.807) is 6.20 Å². The number of nitrogens with zero attached hydrogens (tertiary/aromatic N) is 1. The molecule has 1 fully saturated rings. The maximum Gasteiger partial charge on any atom is 0.0879 e. The topological polar surface area (TPSA) is 59.1 Å². The predicted octanol–water partition coefficient (Wildman–Crippen LogP) is 3.94. The number of hydrogen-bond donors (Lipinski definition) is 2. The Hall–Kier alpha value is -0.970. The standard InChI is InChI=1S/C17H21BrN2O/c18-14-7-6-13(15-12(14)5-4-10-20-15)16(21)17(11-19)8-2-1-3-9-17/h4-7,10,16,21H,1-3,8-9,11,19H2. The van der Waals surface area contributed by atoms with Gasteiger partial charge in [-0.25, -0.2) is 0 Å². The molecule has 3 N–H and O–H groups in total. The van der Waals surface area contributed by atoms with E-state index in [-0.39, 0.29) is 5.41 Å². The normalized spacial score (nSPS) is 19.6. The van der Waals surface area contributed by atoms with Crippen molar-refractivity contribution in [1.82, 2.24) is 4.98 Å². The van der Waals surface area contributed by atoms with Crippen molar-refractivity contribution >= 4 is 26.8 Å². The van der Waals surface area contributed by atoms with Gasteiger partial charge in [0, 0.05) is 33.6 Å². The van der Waals surface area contributed by atoms with Crippen molar-refractivity contribution in [1.29, 1.82) is 0 Å². The summed E-state index contributed by atoms with van der Waals surface area (Å²) in [4.78, 5) is 4.49. The van der Waals surface area contributed by atoms with E-state index < -0.39 is 6.10 Å². The van der Waals surface area contributed by atoms with Crippen LogP contribution in [0.5, 0.6) is 0 Å². The molecule has 0 radical (unpaired) electrons. The molecular formula is C17H21BrN2O. The summed E-state index contributed by atoms with van der Waals surface area (Å²) in [6.45, 7) is 0.526. The second kappa shape index (κ2) is 6.03. The molecular weight excluding hydrogens is 328 g/mol. The van der Waals surface area contributed by atoms with Gasteiger partial charge in [0.1, 0.15) is 0 Å². The number of rotatable bonds is 3. The van der Waals surface area contributed by atoms with E-state index >= 15 is 0 Å². The minimum Gasteiger partial charge on any atom is -0.388 e. The largest absolute Gasteiger partial charge is 0.388 e. The summed E-state index contributed by atoms with van der Waals surface area (Å²) in [6, 6.07) is 7.92. The minimum atomic E-state index is -0.548. The molecule has 4 heteroatoms. The fraction of sp³-hybridized carbons (Fsp3) is 0.471. The Morgan fingerprint density at radius 1 is 1.24 bits per heavy atom. The number of halogens is 1. The van der Waals surface area contributed by atoms with Gasteiger partial charge in [0.15, 0.2) is 0 Å². The van der Waals surface area contributed by atoms with Gasteiger partial charge in [0.2, 0.25) is 0 Å². The number of aliphatic hydroxyl groups is 1. The van der Waals surface area contributed by atoms with E-state index in [1.807, 2.05) is 24.3 Å². The fourth-order valence-electron chi connectivity index (χ4n) is 3.56. The van der Waals surface area contributed by atoms with Gasteiger partial charge in [0.25, 0.3) is 0 Å². The molecule has 1 unspecified atom stereocenters. The average molecular weight is 349 g/mol. The number of pyridine rings is 1. The smallest absolute Gasteiger partial charge is 0.0879 e. The van der Waals surface area contributed by atoms with Gasteiger partial charge in [-0.3, -0.25) is 4.98 Å². The first-order chi connectivity index (χ1) is 10.2. The summed E-state index contributed by atoms with van der Waals surface area (Å²) in [5.74, 6) is 0. The van der Waals surface area contributed by atoms with E-state index in [0.29, 0.717) is 6.54 Å². The molecule has 1 atom stereocenters. The fourth-order valence-corrected chi connectivity index (χ4v) is 4.01. The Morgan fingerprint density at radius 2 is 2.00 bits per heavy atom. The monoisotopic (exact) mass is 348 g/mol. The third-order valence-corrected chi connectivity index (χ3v) is 5.57. The van der Waals surface area contributed by atoms with Crippen LogP contribution in [-0.4, -0.2) is 16.6 Å². The van der Waals surface area contributed by atoms with E-state index in [2.05, 4.69) is 20.9 Å². The molecule has 2 aromatic rings. The van der Waals surface area contributed by atoms with Gasteiger partial charge in [0.05, 0.1) is 11.6 Å². The molecule has 0 aliphatic heterocycles. The van der Waals surface area contributed by atoms with Crippen LogP contribution < -0.4 is 5.73 Å². The molecule has 1 aliphatic rings. The third kappa shape index (κ3) is 2.60. The lowest BCUT2D eigenvalue weighted by Crippen LogP contribution is -2.38. The molecule has 1 aromatic carbocycles. The number of nitrogens with two attached hydrogens (primary N) is 1. The van der Waals surface area contributed by atoms with Crippen LogP contribution in [0.3, 0.4) is 0 Å². The Balaban J connectivity index is 2.09. The van der Waals surface area contributed by atoms with E-state index in [1.165, 1.54) is 6.42 Å². The number of aliphatic hydroxyl groups excluding tert-OH is 1. The van der Waals surface area contributed by atoms with Crippen molar-refractivity contribution in [2.45, 2.75) is 38.2 Å². The molecule has 1 aliphatic carbocycles. The highest BCUT2D eigenvalue weighted by atomic mass is 79.9. The van der Waals surface area contributed by atoms with Crippen LogP contribution in [0.1, 0.15) is 43.8 Å². The van der Waals surface area contributed by atoms with Crippen molar-refractivity contribution < 1.29 is 5.11 Å². The van der Waals surface area contributed by atoms with Crippen LogP contribution >= 0.6 is 15.9 Å². The van der Waals surface area contributed by atoms with Gasteiger partial charge in [-0.15, -0.1) is 0 Å². The first-order valence-electron chi connectivity index (χ1n) is 7.59. The van der Waals surface area contributed by atoms with Gasteiger partial charge >= 0.3 is 0 Å². The average Bonchev–Trinajstić information content (AvgIpc) is 2.55. The SMILES string of the molecule is NCC1(C(O)c2ccc(Br)c3cccnc23)CCCCC1. The lowest BCUT2D eigenvalue weighted by Gasteiger charge is -2.40. The summed E-state index contributed by atoms with van der Waals surface area (Å²) < 4.78 is 1.01. The molecule has 3 nitrogen and oxygen atoms in total. The number of hydrogen-bond acceptors (Lipinski definition) is 3. The van der Waals surface area contributed by atoms with Crippen LogP contribution in [-0.2, 0) is 0 Å². The zero-order chi connectivity index (χ0) is 14.9. The van der Waals surface area contributed by atoms with Gasteiger partial charge < -0.3 is 10.8 Å². The van der Waals surface area contributed by atoms with Crippen LogP contribution in [0.2, 0.25) is 0 Å². The van der Waals surface area contributed by atoms with Crippen LogP contribution in [0.4, 0.5) is 0 Å². The number of benzene rings is 1. The second-order valence-electron chi connectivity index (χ2n) is 6.07. The van der Waals surface area contributed by atoms with Crippen molar-refractivity contribution in [3.63, 3.8) is 0 Å². The van der Waals surface area contributed by atoms with Crippen LogP contribution in [0, 0.1) is 5.41 Å². The van der Waals surface area contributed by atoms with Gasteiger partial charge in [-0.05, 0) is 25.0 Å². The van der Waals surface area contributed by atoms with Crippen LogP contribution in [0.25, 0.3) is 10.9 Å². The highest BCUT2D eigenvalue weighted by Gasteiger charge is 2.39. The summed E-state index contributed by atoms with van der Waals surface area (Å²) in [5.41, 5.74) is 7.64. The maximum absolute atomic E-state index is 11.0. The first kappa shape index (κ1) is 14.9. The molecule has 21 heavy (non-hydrogen) atoms. The van der Waals surface area contributed by atoms with Crippen molar-refractivity contribution in [3.05, 3.63) is 40.5 Å². The van der Waals surface area contributed by atoms with Crippen LogP contribution in [0.15, 0.2) is 34.9 Å². The Morgan fingerprint density at radius 3 is 2.71 bits per heavy atom. The quantitative estimate of drug-likeness (QED) is 0.882. The molecule has 0 bridgehead atoms. The van der Waals surface area contributed by atoms with E-state index in [9.17, 15) is 5.11 Å². The van der Waals surface area contributed by atoms with E-state index in [0.717, 1.165) is 46.6 Å². The van der Waals surface area contributed by atoms with Crippen molar-refractivity contribution in [2.75, 3.05) is 6.54 Å². The lowest BCUT2D eigenvalue weighted by molar-refractivity contribution is 0.00155. The maximum atomic E-state index is 11.0. The highest BCUT2D eigenvalue weighted by molar-refractivity contribution is 9.10. The Bertz CT molecular complexity index is 638.